The zero-order valence-corrected chi connectivity index (χ0v) is 12.1. The van der Waals surface area contributed by atoms with Crippen molar-refractivity contribution in [3.05, 3.63) is 63.3 Å². The molecule has 0 amide bonds. The van der Waals surface area contributed by atoms with Crippen LogP contribution in [-0.4, -0.2) is 0 Å². The Kier molecular flexibility index (Phi) is 4.25. The normalized spacial score (nSPS) is 12.2. The van der Waals surface area contributed by atoms with Crippen LogP contribution in [0.3, 0.4) is 0 Å². The lowest BCUT2D eigenvalue weighted by Gasteiger charge is -2.17. The molecule has 1 unspecified atom stereocenters. The molecule has 1 N–H and O–H groups in total. The van der Waals surface area contributed by atoms with E-state index in [0.717, 1.165) is 15.7 Å². The van der Waals surface area contributed by atoms with Crippen LogP contribution in [0.1, 0.15) is 18.5 Å². The first-order valence-electron chi connectivity index (χ1n) is 5.53. The minimum atomic E-state index is -0.230. The summed E-state index contributed by atoms with van der Waals surface area (Å²) in [5.41, 5.74) is 1.86. The third-order valence-electron chi connectivity index (χ3n) is 2.67. The molecule has 2 rings (SSSR count). The Bertz CT molecular complexity index is 542. The van der Waals surface area contributed by atoms with Crippen LogP contribution in [0, 0.1) is 5.82 Å². The molecule has 0 aliphatic heterocycles. The molecule has 18 heavy (non-hydrogen) atoms. The van der Waals surface area contributed by atoms with Crippen molar-refractivity contribution in [3.63, 3.8) is 0 Å². The van der Waals surface area contributed by atoms with Gasteiger partial charge in [-0.2, -0.15) is 0 Å². The second-order valence-electron chi connectivity index (χ2n) is 4.04. The average Bonchev–Trinajstić information content (AvgIpc) is 2.34. The van der Waals surface area contributed by atoms with Gasteiger partial charge in [0.05, 0.1) is 10.7 Å². The molecule has 2 aromatic carbocycles. The molecular weight excluding hydrogens is 317 g/mol. The standard InChI is InChI=1S/C14H12BrClFN/c1-9(10-2-5-12(17)6-3-10)18-14-8-11(15)4-7-13(14)16/h2-9,18H,1H3. The zero-order chi connectivity index (χ0) is 13.1. The third-order valence-corrected chi connectivity index (χ3v) is 3.49. The highest BCUT2D eigenvalue weighted by Crippen LogP contribution is 2.29. The van der Waals surface area contributed by atoms with Gasteiger partial charge < -0.3 is 5.32 Å². The predicted octanol–water partition coefficient (Wildman–Crippen LogP) is 5.41. The molecule has 1 nitrogen and oxygen atoms in total. The molecule has 0 aliphatic rings. The van der Waals surface area contributed by atoms with Crippen molar-refractivity contribution in [2.75, 3.05) is 5.32 Å². The van der Waals surface area contributed by atoms with Gasteiger partial charge in [0.15, 0.2) is 0 Å². The highest BCUT2D eigenvalue weighted by molar-refractivity contribution is 9.10. The van der Waals surface area contributed by atoms with Gasteiger partial charge in [-0.1, -0.05) is 39.7 Å². The third kappa shape index (κ3) is 3.24. The summed E-state index contributed by atoms with van der Waals surface area (Å²) in [6.07, 6.45) is 0. The molecule has 0 fully saturated rings. The molecule has 1 atom stereocenters. The summed E-state index contributed by atoms with van der Waals surface area (Å²) in [7, 11) is 0. The highest BCUT2D eigenvalue weighted by atomic mass is 79.9. The Morgan fingerprint density at radius 1 is 1.17 bits per heavy atom. The molecule has 0 radical (unpaired) electrons. The fourth-order valence-corrected chi connectivity index (χ4v) is 2.21. The zero-order valence-electron chi connectivity index (χ0n) is 9.75. The van der Waals surface area contributed by atoms with Gasteiger partial charge in [0.1, 0.15) is 5.82 Å². The van der Waals surface area contributed by atoms with Crippen LogP contribution in [0.4, 0.5) is 10.1 Å². The number of anilines is 1. The molecule has 0 heterocycles. The summed E-state index contributed by atoms with van der Waals surface area (Å²) in [5, 5.41) is 3.96. The Hall–Kier alpha value is -1.06. The van der Waals surface area contributed by atoms with E-state index in [1.807, 2.05) is 25.1 Å². The van der Waals surface area contributed by atoms with Gasteiger partial charge in [-0.25, -0.2) is 4.39 Å². The number of benzene rings is 2. The van der Waals surface area contributed by atoms with Gasteiger partial charge in [-0.05, 0) is 42.8 Å². The molecule has 0 bridgehead atoms. The first-order chi connectivity index (χ1) is 8.56. The minimum Gasteiger partial charge on any atom is -0.377 e. The van der Waals surface area contributed by atoms with Crippen molar-refractivity contribution in [1.29, 1.82) is 0 Å². The lowest BCUT2D eigenvalue weighted by molar-refractivity contribution is 0.626. The average molecular weight is 329 g/mol. The Morgan fingerprint density at radius 2 is 1.83 bits per heavy atom. The summed E-state index contributed by atoms with van der Waals surface area (Å²) in [4.78, 5) is 0. The molecule has 0 aromatic heterocycles. The number of hydrogen-bond donors (Lipinski definition) is 1. The van der Waals surface area contributed by atoms with Crippen LogP contribution >= 0.6 is 27.5 Å². The highest BCUT2D eigenvalue weighted by Gasteiger charge is 2.08. The lowest BCUT2D eigenvalue weighted by Crippen LogP contribution is -2.06. The number of hydrogen-bond acceptors (Lipinski definition) is 1. The molecule has 4 heteroatoms. The maximum atomic E-state index is 12.8. The van der Waals surface area contributed by atoms with E-state index in [2.05, 4.69) is 21.2 Å². The van der Waals surface area contributed by atoms with Crippen molar-refractivity contribution >= 4 is 33.2 Å². The van der Waals surface area contributed by atoms with E-state index in [9.17, 15) is 4.39 Å². The van der Waals surface area contributed by atoms with Gasteiger partial charge in [0.2, 0.25) is 0 Å². The Morgan fingerprint density at radius 3 is 2.50 bits per heavy atom. The van der Waals surface area contributed by atoms with E-state index < -0.39 is 0 Å². The molecule has 0 aliphatic carbocycles. The largest absolute Gasteiger partial charge is 0.377 e. The predicted molar refractivity (Wildman–Crippen MR) is 77.6 cm³/mol. The fourth-order valence-electron chi connectivity index (χ4n) is 1.68. The molecule has 94 valence electrons. The summed E-state index contributed by atoms with van der Waals surface area (Å²) >= 11 is 9.51. The SMILES string of the molecule is CC(Nc1cc(Br)ccc1Cl)c1ccc(F)cc1. The van der Waals surface area contributed by atoms with Crippen LogP contribution in [0.5, 0.6) is 0 Å². The number of nitrogens with one attached hydrogen (secondary N) is 1. The molecule has 0 saturated carbocycles. The van der Waals surface area contributed by atoms with Crippen molar-refractivity contribution in [3.8, 4) is 0 Å². The van der Waals surface area contributed by atoms with E-state index in [0.29, 0.717) is 5.02 Å². The van der Waals surface area contributed by atoms with Gasteiger partial charge in [-0.3, -0.25) is 0 Å². The van der Waals surface area contributed by atoms with E-state index in [4.69, 9.17) is 11.6 Å². The van der Waals surface area contributed by atoms with Crippen LogP contribution in [0.2, 0.25) is 5.02 Å². The van der Waals surface area contributed by atoms with Crippen molar-refractivity contribution < 1.29 is 4.39 Å². The van der Waals surface area contributed by atoms with Crippen molar-refractivity contribution in [2.24, 2.45) is 0 Å². The fraction of sp³-hybridized carbons (Fsp3) is 0.143. The van der Waals surface area contributed by atoms with Crippen LogP contribution in [0.25, 0.3) is 0 Å². The molecular formula is C14H12BrClFN. The van der Waals surface area contributed by atoms with Crippen molar-refractivity contribution in [1.82, 2.24) is 0 Å². The summed E-state index contributed by atoms with van der Waals surface area (Å²) in [6, 6.07) is 12.1. The second kappa shape index (κ2) is 5.72. The van der Waals surface area contributed by atoms with Crippen LogP contribution in [-0.2, 0) is 0 Å². The van der Waals surface area contributed by atoms with Crippen molar-refractivity contribution in [2.45, 2.75) is 13.0 Å². The maximum Gasteiger partial charge on any atom is 0.123 e. The summed E-state index contributed by atoms with van der Waals surface area (Å²) in [5.74, 6) is -0.230. The van der Waals surface area contributed by atoms with Crippen LogP contribution < -0.4 is 5.32 Å². The lowest BCUT2D eigenvalue weighted by atomic mass is 10.1. The smallest absolute Gasteiger partial charge is 0.123 e. The number of halogens is 3. The molecule has 0 spiro atoms. The summed E-state index contributed by atoms with van der Waals surface area (Å²) in [6.45, 7) is 2.00. The van der Waals surface area contributed by atoms with Gasteiger partial charge in [0.25, 0.3) is 0 Å². The topological polar surface area (TPSA) is 12.0 Å². The van der Waals surface area contributed by atoms with E-state index in [1.165, 1.54) is 12.1 Å². The second-order valence-corrected chi connectivity index (χ2v) is 5.36. The number of rotatable bonds is 3. The van der Waals surface area contributed by atoms with E-state index >= 15 is 0 Å². The van der Waals surface area contributed by atoms with Gasteiger partial charge in [0, 0.05) is 10.5 Å². The van der Waals surface area contributed by atoms with E-state index in [-0.39, 0.29) is 11.9 Å². The molecule has 2 aromatic rings. The maximum absolute atomic E-state index is 12.8. The van der Waals surface area contributed by atoms with Gasteiger partial charge in [-0.15, -0.1) is 0 Å². The van der Waals surface area contributed by atoms with Gasteiger partial charge >= 0.3 is 0 Å². The Balaban J connectivity index is 2.18. The minimum absolute atomic E-state index is 0.0531. The molecule has 0 saturated heterocycles. The first-order valence-corrected chi connectivity index (χ1v) is 6.70. The monoisotopic (exact) mass is 327 g/mol. The Labute approximate surface area is 119 Å². The van der Waals surface area contributed by atoms with E-state index in [1.54, 1.807) is 12.1 Å². The summed E-state index contributed by atoms with van der Waals surface area (Å²) < 4.78 is 13.8. The quantitative estimate of drug-likeness (QED) is 0.794. The first kappa shape index (κ1) is 13.4. The van der Waals surface area contributed by atoms with Crippen LogP contribution in [0.15, 0.2) is 46.9 Å².